The van der Waals surface area contributed by atoms with Crippen molar-refractivity contribution < 1.29 is 14.3 Å². The van der Waals surface area contributed by atoms with Gasteiger partial charge >= 0.3 is 0 Å². The molecule has 4 aromatic rings. The van der Waals surface area contributed by atoms with Gasteiger partial charge in [-0.2, -0.15) is 0 Å². The van der Waals surface area contributed by atoms with Crippen LogP contribution in [0.25, 0.3) is 10.9 Å². The van der Waals surface area contributed by atoms with Crippen molar-refractivity contribution in [2.24, 2.45) is 0 Å². The van der Waals surface area contributed by atoms with Crippen molar-refractivity contribution in [3.63, 3.8) is 0 Å². The van der Waals surface area contributed by atoms with E-state index in [1.165, 1.54) is 6.33 Å². The molecule has 0 saturated carbocycles. The Morgan fingerprint density at radius 2 is 1.78 bits per heavy atom. The summed E-state index contributed by atoms with van der Waals surface area (Å²) < 4.78 is 5.92. The third kappa shape index (κ3) is 4.86. The van der Waals surface area contributed by atoms with Crippen molar-refractivity contribution in [1.29, 1.82) is 0 Å². The summed E-state index contributed by atoms with van der Waals surface area (Å²) in [7, 11) is 0. The molecule has 8 nitrogen and oxygen atoms in total. The number of hydrogen-bond acceptors (Lipinski definition) is 6. The van der Waals surface area contributed by atoms with E-state index < -0.39 is 5.91 Å². The minimum absolute atomic E-state index is 0.279. The van der Waals surface area contributed by atoms with E-state index in [0.29, 0.717) is 39.6 Å². The summed E-state index contributed by atoms with van der Waals surface area (Å²) in [5.41, 5.74) is 1.66. The lowest BCUT2D eigenvalue weighted by molar-refractivity contribution is -0.111. The smallest absolute Gasteiger partial charge is 0.300 e. The molecule has 0 unspecified atom stereocenters. The van der Waals surface area contributed by atoms with Gasteiger partial charge in [-0.1, -0.05) is 12.0 Å². The van der Waals surface area contributed by atoms with Gasteiger partial charge in [0.05, 0.1) is 10.9 Å². The van der Waals surface area contributed by atoms with Crippen molar-refractivity contribution in [3.05, 3.63) is 78.8 Å². The first-order valence-corrected chi connectivity index (χ1v) is 9.61. The molecule has 2 amide bonds. The average Bonchev–Trinajstić information content (AvgIpc) is 2.81. The highest BCUT2D eigenvalue weighted by atomic mass is 16.5. The Bertz CT molecular complexity index is 1340. The fraction of sp³-hybridized carbons (Fsp3) is 0.0417. The highest BCUT2D eigenvalue weighted by Crippen LogP contribution is 2.29. The van der Waals surface area contributed by atoms with E-state index in [9.17, 15) is 9.59 Å². The van der Waals surface area contributed by atoms with Gasteiger partial charge in [-0.15, -0.1) is 0 Å². The predicted molar refractivity (Wildman–Crippen MR) is 120 cm³/mol. The number of amides is 2. The van der Waals surface area contributed by atoms with Crippen LogP contribution in [-0.4, -0.2) is 26.8 Å². The van der Waals surface area contributed by atoms with Gasteiger partial charge in [0.1, 0.15) is 17.9 Å². The summed E-state index contributed by atoms with van der Waals surface area (Å²) in [6.45, 7) is 1.59. The second-order valence-corrected chi connectivity index (χ2v) is 6.54. The number of nitrogens with zero attached hydrogens (tertiary/aromatic N) is 3. The Balaban J connectivity index is 1.53. The highest BCUT2D eigenvalue weighted by Gasteiger charge is 2.10. The lowest BCUT2D eigenvalue weighted by Crippen LogP contribution is -2.12. The topological polar surface area (TPSA) is 106 Å². The van der Waals surface area contributed by atoms with Crippen molar-refractivity contribution in [2.45, 2.75) is 6.92 Å². The van der Waals surface area contributed by atoms with Gasteiger partial charge < -0.3 is 15.4 Å². The molecule has 2 N–H and O–H groups in total. The van der Waals surface area contributed by atoms with Gasteiger partial charge in [0.15, 0.2) is 0 Å². The normalized spacial score (nSPS) is 10.0. The van der Waals surface area contributed by atoms with Gasteiger partial charge in [0.25, 0.3) is 11.8 Å². The third-order valence-electron chi connectivity index (χ3n) is 4.33. The molecule has 32 heavy (non-hydrogen) atoms. The van der Waals surface area contributed by atoms with Crippen molar-refractivity contribution >= 4 is 34.2 Å². The van der Waals surface area contributed by atoms with Gasteiger partial charge in [0.2, 0.25) is 5.88 Å². The van der Waals surface area contributed by atoms with Crippen LogP contribution in [0.3, 0.4) is 0 Å². The number of anilines is 2. The quantitative estimate of drug-likeness (QED) is 0.470. The van der Waals surface area contributed by atoms with Gasteiger partial charge in [-0.05, 0) is 67.4 Å². The van der Waals surface area contributed by atoms with Crippen LogP contribution in [0.2, 0.25) is 0 Å². The van der Waals surface area contributed by atoms with Gasteiger partial charge in [0, 0.05) is 17.4 Å². The highest BCUT2D eigenvalue weighted by molar-refractivity contribution is 6.05. The maximum Gasteiger partial charge on any atom is 0.300 e. The molecule has 0 aliphatic heterocycles. The second kappa shape index (κ2) is 9.36. The summed E-state index contributed by atoms with van der Waals surface area (Å²) in [6.07, 6.45) is 3.00. The van der Waals surface area contributed by atoms with Crippen molar-refractivity contribution in [2.75, 3.05) is 10.6 Å². The number of benzene rings is 2. The maximum absolute atomic E-state index is 12.4. The molecule has 2 heterocycles. The SMILES string of the molecule is CC#CC(=O)Nc1ccc2ncnc(Oc3ccc(C(=O)Nc4ccccn4)cc3)c2c1. The number of carbonyl (C=O) groups excluding carboxylic acids is 2. The molecule has 0 fully saturated rings. The Morgan fingerprint density at radius 1 is 0.938 bits per heavy atom. The van der Waals surface area contributed by atoms with E-state index in [2.05, 4.69) is 37.4 Å². The molecule has 0 aliphatic rings. The van der Waals surface area contributed by atoms with E-state index in [1.807, 2.05) is 0 Å². The Hall–Kier alpha value is -4.77. The number of fused-ring (bicyclic) bond motifs is 1. The summed E-state index contributed by atoms with van der Waals surface area (Å²) in [5.74, 6) is 5.57. The lowest BCUT2D eigenvalue weighted by Gasteiger charge is -2.10. The first-order chi connectivity index (χ1) is 15.6. The number of carbonyl (C=O) groups is 2. The molecule has 2 aromatic carbocycles. The summed E-state index contributed by atoms with van der Waals surface area (Å²) in [5, 5.41) is 6.04. The first kappa shape index (κ1) is 20.5. The van der Waals surface area contributed by atoms with Gasteiger partial charge in [-0.3, -0.25) is 9.59 Å². The Morgan fingerprint density at radius 3 is 2.53 bits per heavy atom. The Kier molecular flexibility index (Phi) is 6.00. The molecule has 0 aliphatic carbocycles. The van der Waals surface area contributed by atoms with Crippen LogP contribution in [0.1, 0.15) is 17.3 Å². The molecule has 156 valence electrons. The van der Waals surface area contributed by atoms with E-state index in [-0.39, 0.29) is 5.91 Å². The van der Waals surface area contributed by atoms with Crippen LogP contribution in [-0.2, 0) is 4.79 Å². The molecule has 8 heteroatoms. The number of pyridine rings is 1. The molecule has 0 spiro atoms. The fourth-order valence-corrected chi connectivity index (χ4v) is 2.88. The fourth-order valence-electron chi connectivity index (χ4n) is 2.88. The lowest BCUT2D eigenvalue weighted by atomic mass is 10.2. The molecule has 0 radical (unpaired) electrons. The monoisotopic (exact) mass is 423 g/mol. The van der Waals surface area contributed by atoms with Crippen molar-refractivity contribution in [3.8, 4) is 23.5 Å². The zero-order chi connectivity index (χ0) is 22.3. The van der Waals surface area contributed by atoms with E-state index >= 15 is 0 Å². The largest absolute Gasteiger partial charge is 0.438 e. The summed E-state index contributed by atoms with van der Waals surface area (Å²) in [4.78, 5) is 36.6. The second-order valence-electron chi connectivity index (χ2n) is 6.54. The molecular formula is C24H17N5O3. The van der Waals surface area contributed by atoms with E-state index in [1.54, 1.807) is 73.8 Å². The molecule has 0 saturated heterocycles. The van der Waals surface area contributed by atoms with Crippen LogP contribution < -0.4 is 15.4 Å². The third-order valence-corrected chi connectivity index (χ3v) is 4.33. The summed E-state index contributed by atoms with van der Waals surface area (Å²) >= 11 is 0. The standard InChI is InChI=1S/C24H17N5O3/c1-2-5-22(30)28-17-9-12-20-19(14-17)24(27-15-26-20)32-18-10-7-16(8-11-18)23(31)29-21-6-3-4-13-25-21/h3-4,6-15H,1H3,(H,28,30)(H,25,29,31). The van der Waals surface area contributed by atoms with E-state index in [4.69, 9.17) is 4.74 Å². The number of hydrogen-bond donors (Lipinski definition) is 2. The van der Waals surface area contributed by atoms with Crippen LogP contribution >= 0.6 is 0 Å². The number of ether oxygens (including phenoxy) is 1. The minimum atomic E-state index is -0.411. The van der Waals surface area contributed by atoms with E-state index in [0.717, 1.165) is 0 Å². The van der Waals surface area contributed by atoms with Gasteiger partial charge in [-0.25, -0.2) is 15.0 Å². The molecular weight excluding hydrogens is 406 g/mol. The molecule has 0 atom stereocenters. The maximum atomic E-state index is 12.4. The van der Waals surface area contributed by atoms with Crippen LogP contribution in [0.4, 0.5) is 11.5 Å². The average molecular weight is 423 g/mol. The van der Waals surface area contributed by atoms with Crippen LogP contribution in [0, 0.1) is 11.8 Å². The molecule has 0 bridgehead atoms. The number of nitrogens with one attached hydrogen (secondary N) is 2. The molecule has 4 rings (SSSR count). The zero-order valence-corrected chi connectivity index (χ0v) is 17.0. The number of rotatable bonds is 5. The van der Waals surface area contributed by atoms with Crippen LogP contribution in [0.5, 0.6) is 11.6 Å². The minimum Gasteiger partial charge on any atom is -0.438 e. The summed E-state index contributed by atoms with van der Waals surface area (Å²) in [6, 6.07) is 17.1. The zero-order valence-electron chi connectivity index (χ0n) is 17.0. The number of aromatic nitrogens is 3. The predicted octanol–water partition coefficient (Wildman–Crippen LogP) is 4.03. The first-order valence-electron chi connectivity index (χ1n) is 9.61. The van der Waals surface area contributed by atoms with Crippen LogP contribution in [0.15, 0.2) is 73.2 Å². The van der Waals surface area contributed by atoms with Crippen molar-refractivity contribution in [1.82, 2.24) is 15.0 Å². The Labute approximate surface area is 183 Å². The molecule has 2 aromatic heterocycles.